The molecule has 0 atom stereocenters. The molecule has 0 bridgehead atoms. The second kappa shape index (κ2) is 5.65. The number of amides is 1. The number of nitrogens with two attached hydrogens (primary N) is 1. The van der Waals surface area contributed by atoms with Gasteiger partial charge in [-0.1, -0.05) is 0 Å². The maximum atomic E-state index is 13.8. The summed E-state index contributed by atoms with van der Waals surface area (Å²) in [6.45, 7) is 0.931. The summed E-state index contributed by atoms with van der Waals surface area (Å²) in [5, 5.41) is 17.1. The highest BCUT2D eigenvalue weighted by Crippen LogP contribution is 2.18. The highest BCUT2D eigenvalue weighted by Gasteiger charge is 2.20. The van der Waals surface area contributed by atoms with E-state index < -0.39 is 11.7 Å². The lowest BCUT2D eigenvalue weighted by atomic mass is 10.1. The summed E-state index contributed by atoms with van der Waals surface area (Å²) in [6, 6.07) is 6.11. The molecule has 5 nitrogen and oxygen atoms in total. The SMILES string of the molecule is Cc1cc(N)cc(C(=O)N(CC#N)CC#N)c1F. The molecule has 1 rings (SSSR count). The van der Waals surface area contributed by atoms with E-state index in [2.05, 4.69) is 0 Å². The van der Waals surface area contributed by atoms with Crippen LogP contribution in [0.25, 0.3) is 0 Å². The Bertz CT molecular complexity index is 540. The summed E-state index contributed by atoms with van der Waals surface area (Å²) >= 11 is 0. The van der Waals surface area contributed by atoms with E-state index in [0.29, 0.717) is 0 Å². The average Bonchev–Trinajstić information content (AvgIpc) is 2.32. The molecule has 1 amide bonds. The molecular formula is C12H11FN4O. The minimum Gasteiger partial charge on any atom is -0.399 e. The molecule has 0 heterocycles. The van der Waals surface area contributed by atoms with Crippen LogP contribution in [0.3, 0.4) is 0 Å². The number of carbonyl (C=O) groups is 1. The molecule has 0 aliphatic heterocycles. The van der Waals surface area contributed by atoms with Crippen LogP contribution in [0.4, 0.5) is 10.1 Å². The molecule has 0 saturated carbocycles. The van der Waals surface area contributed by atoms with Crippen LogP contribution in [0.15, 0.2) is 12.1 Å². The molecule has 0 aliphatic carbocycles. The van der Waals surface area contributed by atoms with Crippen molar-refractivity contribution in [1.82, 2.24) is 4.90 Å². The molecule has 0 saturated heterocycles. The molecule has 0 aliphatic rings. The van der Waals surface area contributed by atoms with Crippen molar-refractivity contribution in [3.05, 3.63) is 29.1 Å². The molecular weight excluding hydrogens is 235 g/mol. The summed E-state index contributed by atoms with van der Waals surface area (Å²) in [5.74, 6) is -1.40. The maximum Gasteiger partial charge on any atom is 0.258 e. The quantitative estimate of drug-likeness (QED) is 0.640. The summed E-state index contributed by atoms with van der Waals surface area (Å²) in [6.07, 6.45) is 0. The first-order valence-electron chi connectivity index (χ1n) is 5.10. The zero-order valence-corrected chi connectivity index (χ0v) is 9.77. The van der Waals surface area contributed by atoms with Crippen LogP contribution in [0.1, 0.15) is 15.9 Å². The second-order valence-electron chi connectivity index (χ2n) is 3.68. The highest BCUT2D eigenvalue weighted by molar-refractivity contribution is 5.96. The molecule has 18 heavy (non-hydrogen) atoms. The van der Waals surface area contributed by atoms with Gasteiger partial charge in [0.1, 0.15) is 18.9 Å². The number of hydrogen-bond acceptors (Lipinski definition) is 4. The van der Waals surface area contributed by atoms with Gasteiger partial charge in [-0.05, 0) is 24.6 Å². The number of carbonyl (C=O) groups excluding carboxylic acids is 1. The lowest BCUT2D eigenvalue weighted by Gasteiger charge is -2.17. The number of benzene rings is 1. The van der Waals surface area contributed by atoms with Gasteiger partial charge < -0.3 is 10.6 Å². The van der Waals surface area contributed by atoms with Gasteiger partial charge >= 0.3 is 0 Å². The van der Waals surface area contributed by atoms with Gasteiger partial charge in [0.25, 0.3) is 5.91 Å². The number of nitrogens with zero attached hydrogens (tertiary/aromatic N) is 3. The monoisotopic (exact) mass is 246 g/mol. The number of nitrogen functional groups attached to an aromatic ring is 1. The first kappa shape index (κ1) is 13.5. The zero-order valence-electron chi connectivity index (χ0n) is 9.77. The fourth-order valence-electron chi connectivity index (χ4n) is 1.49. The predicted molar refractivity (Wildman–Crippen MR) is 62.7 cm³/mol. The number of halogens is 1. The third kappa shape index (κ3) is 2.74. The molecule has 6 heteroatoms. The standard InChI is InChI=1S/C12H11FN4O/c1-8-6-9(16)7-10(11(8)13)12(18)17(4-2-14)5-3-15/h6-7H,4-5,16H2,1H3. The Morgan fingerprint density at radius 1 is 1.39 bits per heavy atom. The second-order valence-corrected chi connectivity index (χ2v) is 3.68. The number of anilines is 1. The van der Waals surface area contributed by atoms with Crippen molar-refractivity contribution in [2.45, 2.75) is 6.92 Å². The molecule has 0 fully saturated rings. The lowest BCUT2D eigenvalue weighted by Crippen LogP contribution is -2.32. The molecule has 0 aromatic heterocycles. The Morgan fingerprint density at radius 3 is 2.44 bits per heavy atom. The van der Waals surface area contributed by atoms with Crippen LogP contribution in [0.2, 0.25) is 0 Å². The maximum absolute atomic E-state index is 13.8. The lowest BCUT2D eigenvalue weighted by molar-refractivity contribution is 0.0790. The van der Waals surface area contributed by atoms with Crippen molar-refractivity contribution in [3.8, 4) is 12.1 Å². The van der Waals surface area contributed by atoms with Crippen molar-refractivity contribution in [2.75, 3.05) is 18.8 Å². The Morgan fingerprint density at radius 2 is 1.94 bits per heavy atom. The van der Waals surface area contributed by atoms with Crippen LogP contribution in [0.5, 0.6) is 0 Å². The molecule has 2 N–H and O–H groups in total. The fraction of sp³-hybridized carbons (Fsp3) is 0.250. The van der Waals surface area contributed by atoms with Crippen molar-refractivity contribution in [2.24, 2.45) is 0 Å². The molecule has 0 spiro atoms. The van der Waals surface area contributed by atoms with Crippen LogP contribution < -0.4 is 5.73 Å². The van der Waals surface area contributed by atoms with Gasteiger partial charge in [-0.2, -0.15) is 10.5 Å². The molecule has 92 valence electrons. The summed E-state index contributed by atoms with van der Waals surface area (Å²) in [5.41, 5.74) is 5.82. The van der Waals surface area contributed by atoms with Gasteiger partial charge in [0, 0.05) is 5.69 Å². The summed E-state index contributed by atoms with van der Waals surface area (Å²) < 4.78 is 13.8. The Kier molecular flexibility index (Phi) is 4.22. The number of rotatable bonds is 3. The van der Waals surface area contributed by atoms with E-state index in [-0.39, 0.29) is 29.9 Å². The Balaban J connectivity index is 3.17. The number of hydrogen-bond donors (Lipinski definition) is 1. The first-order valence-corrected chi connectivity index (χ1v) is 5.10. The predicted octanol–water partition coefficient (Wildman–Crippen LogP) is 1.21. The highest BCUT2D eigenvalue weighted by atomic mass is 19.1. The van der Waals surface area contributed by atoms with E-state index in [0.717, 1.165) is 4.90 Å². The van der Waals surface area contributed by atoms with E-state index in [1.165, 1.54) is 19.1 Å². The van der Waals surface area contributed by atoms with Crippen LogP contribution in [-0.2, 0) is 0 Å². The van der Waals surface area contributed by atoms with E-state index >= 15 is 0 Å². The summed E-state index contributed by atoms with van der Waals surface area (Å²) in [7, 11) is 0. The largest absolute Gasteiger partial charge is 0.399 e. The Hall–Kier alpha value is -2.60. The average molecular weight is 246 g/mol. The van der Waals surface area contributed by atoms with Crippen LogP contribution in [0, 0.1) is 35.4 Å². The third-order valence-corrected chi connectivity index (χ3v) is 2.32. The number of aryl methyl sites for hydroxylation is 1. The topological polar surface area (TPSA) is 93.9 Å². The molecule has 1 aromatic carbocycles. The van der Waals surface area contributed by atoms with Gasteiger partial charge in [0.2, 0.25) is 0 Å². The van der Waals surface area contributed by atoms with Crippen molar-refractivity contribution in [3.63, 3.8) is 0 Å². The van der Waals surface area contributed by atoms with E-state index in [1.807, 2.05) is 0 Å². The van der Waals surface area contributed by atoms with Crippen LogP contribution >= 0.6 is 0 Å². The summed E-state index contributed by atoms with van der Waals surface area (Å²) in [4.78, 5) is 12.9. The van der Waals surface area contributed by atoms with Crippen molar-refractivity contribution < 1.29 is 9.18 Å². The van der Waals surface area contributed by atoms with Gasteiger partial charge in [-0.3, -0.25) is 4.79 Å². The van der Waals surface area contributed by atoms with E-state index in [9.17, 15) is 9.18 Å². The van der Waals surface area contributed by atoms with Gasteiger partial charge in [-0.15, -0.1) is 0 Å². The van der Waals surface area contributed by atoms with Gasteiger partial charge in [0.05, 0.1) is 17.7 Å². The van der Waals surface area contributed by atoms with E-state index in [4.69, 9.17) is 16.3 Å². The van der Waals surface area contributed by atoms with Crippen LogP contribution in [-0.4, -0.2) is 23.9 Å². The van der Waals surface area contributed by atoms with Gasteiger partial charge in [-0.25, -0.2) is 4.39 Å². The number of nitriles is 2. The normalized spacial score (nSPS) is 9.33. The van der Waals surface area contributed by atoms with Crippen molar-refractivity contribution >= 4 is 11.6 Å². The molecule has 0 unspecified atom stereocenters. The minimum absolute atomic E-state index is 0.224. The van der Waals surface area contributed by atoms with E-state index in [1.54, 1.807) is 12.1 Å². The molecule has 0 radical (unpaired) electrons. The minimum atomic E-state index is -0.717. The third-order valence-electron chi connectivity index (χ3n) is 2.32. The smallest absolute Gasteiger partial charge is 0.258 e. The van der Waals surface area contributed by atoms with Gasteiger partial charge in [0.15, 0.2) is 0 Å². The Labute approximate surface area is 104 Å². The molecule has 1 aromatic rings. The zero-order chi connectivity index (χ0) is 13.7. The first-order chi connectivity index (χ1) is 8.51. The van der Waals surface area contributed by atoms with Crippen molar-refractivity contribution in [1.29, 1.82) is 10.5 Å². The fourth-order valence-corrected chi connectivity index (χ4v) is 1.49.